The molecule has 1 aliphatic heterocycles. The number of carbonyl (C=O) groups is 1. The van der Waals surface area contributed by atoms with Gasteiger partial charge in [0.25, 0.3) is 5.91 Å². The number of aryl methyl sites for hydroxylation is 2. The summed E-state index contributed by atoms with van der Waals surface area (Å²) in [6, 6.07) is 2.00. The van der Waals surface area contributed by atoms with Gasteiger partial charge < -0.3 is 9.64 Å². The van der Waals surface area contributed by atoms with Crippen LogP contribution < -0.4 is 4.74 Å². The molecule has 1 saturated heterocycles. The number of likely N-dealkylation sites (tertiary alicyclic amines) is 1. The fourth-order valence-electron chi connectivity index (χ4n) is 4.22. The predicted octanol–water partition coefficient (Wildman–Crippen LogP) is 1.98. The van der Waals surface area contributed by atoms with Crippen molar-refractivity contribution in [2.24, 2.45) is 18.4 Å². The smallest absolute Gasteiger partial charge is 0.316 e. The second kappa shape index (κ2) is 6.34. The highest BCUT2D eigenvalue weighted by molar-refractivity contribution is 5.92. The molecule has 0 bridgehead atoms. The molecule has 0 spiro atoms. The van der Waals surface area contributed by atoms with Crippen LogP contribution in [0.3, 0.4) is 0 Å². The van der Waals surface area contributed by atoms with Gasteiger partial charge in [-0.1, -0.05) is 6.42 Å². The zero-order valence-electron chi connectivity index (χ0n) is 15.0. The standard InChI is InChI=1S/C18H22FN5O2/c1-12-6-15(22-23(12)2)16(25)24-9-13-4-3-5-18(13,10-24)11-26-17-20-7-14(19)8-21-17/h6-8,13H,3-5,9-11H2,1-2H3. The molecule has 2 unspecified atom stereocenters. The molecule has 2 fully saturated rings. The van der Waals surface area contributed by atoms with E-state index in [4.69, 9.17) is 4.74 Å². The van der Waals surface area contributed by atoms with Crippen molar-refractivity contribution in [3.05, 3.63) is 35.7 Å². The maximum absolute atomic E-state index is 12.9. The van der Waals surface area contributed by atoms with Gasteiger partial charge in [0.1, 0.15) is 0 Å². The molecular weight excluding hydrogens is 337 g/mol. The highest BCUT2D eigenvalue weighted by atomic mass is 19.1. The van der Waals surface area contributed by atoms with Gasteiger partial charge in [-0.15, -0.1) is 0 Å². The van der Waals surface area contributed by atoms with Crippen molar-refractivity contribution >= 4 is 5.91 Å². The molecule has 8 heteroatoms. The van der Waals surface area contributed by atoms with Gasteiger partial charge in [0.15, 0.2) is 11.5 Å². The SMILES string of the molecule is Cc1cc(C(=O)N2CC3CCCC3(COc3ncc(F)cn3)C2)nn1C. The zero-order valence-corrected chi connectivity index (χ0v) is 15.0. The number of carbonyl (C=O) groups excluding carboxylic acids is 1. The number of hydrogen-bond donors (Lipinski definition) is 0. The van der Waals surface area contributed by atoms with Gasteiger partial charge in [0.05, 0.1) is 19.0 Å². The first kappa shape index (κ1) is 16.9. The van der Waals surface area contributed by atoms with Crippen molar-refractivity contribution in [3.63, 3.8) is 0 Å². The molecule has 3 heterocycles. The topological polar surface area (TPSA) is 73.1 Å². The largest absolute Gasteiger partial charge is 0.463 e. The van der Waals surface area contributed by atoms with E-state index in [1.165, 1.54) is 0 Å². The lowest BCUT2D eigenvalue weighted by Crippen LogP contribution is -2.36. The molecule has 0 radical (unpaired) electrons. The Hall–Kier alpha value is -2.51. The molecule has 1 amide bonds. The van der Waals surface area contributed by atoms with Gasteiger partial charge in [-0.3, -0.25) is 9.48 Å². The van der Waals surface area contributed by atoms with Crippen LogP contribution in [0.2, 0.25) is 0 Å². The average Bonchev–Trinajstić information content (AvgIpc) is 3.26. The van der Waals surface area contributed by atoms with Crippen LogP contribution in [-0.2, 0) is 7.05 Å². The van der Waals surface area contributed by atoms with E-state index in [0.29, 0.717) is 24.8 Å². The van der Waals surface area contributed by atoms with Crippen LogP contribution in [0.1, 0.15) is 35.4 Å². The summed E-state index contributed by atoms with van der Waals surface area (Å²) in [7, 11) is 1.84. The van der Waals surface area contributed by atoms with Crippen LogP contribution in [-0.4, -0.2) is 50.3 Å². The fraction of sp³-hybridized carbons (Fsp3) is 0.556. The van der Waals surface area contributed by atoms with E-state index in [0.717, 1.165) is 43.9 Å². The van der Waals surface area contributed by atoms with Crippen LogP contribution in [0, 0.1) is 24.1 Å². The molecule has 2 aliphatic rings. The predicted molar refractivity (Wildman–Crippen MR) is 91.1 cm³/mol. The molecule has 138 valence electrons. The monoisotopic (exact) mass is 359 g/mol. The van der Waals surface area contributed by atoms with E-state index < -0.39 is 5.82 Å². The number of halogens is 1. The minimum absolute atomic E-state index is 0.0273. The normalized spacial score (nSPS) is 24.7. The summed E-state index contributed by atoms with van der Waals surface area (Å²) in [5.74, 6) is -0.116. The first-order chi connectivity index (χ1) is 12.5. The van der Waals surface area contributed by atoms with Crippen molar-refractivity contribution in [1.82, 2.24) is 24.6 Å². The first-order valence-electron chi connectivity index (χ1n) is 8.87. The fourth-order valence-corrected chi connectivity index (χ4v) is 4.22. The van der Waals surface area contributed by atoms with E-state index >= 15 is 0 Å². The maximum atomic E-state index is 12.9. The van der Waals surface area contributed by atoms with Gasteiger partial charge >= 0.3 is 6.01 Å². The van der Waals surface area contributed by atoms with Crippen molar-refractivity contribution in [2.75, 3.05) is 19.7 Å². The second-order valence-corrected chi connectivity index (χ2v) is 7.40. The van der Waals surface area contributed by atoms with Gasteiger partial charge in [0, 0.05) is 31.2 Å². The highest BCUT2D eigenvalue weighted by Crippen LogP contribution is 2.49. The molecule has 26 heavy (non-hydrogen) atoms. The van der Waals surface area contributed by atoms with Crippen LogP contribution in [0.5, 0.6) is 6.01 Å². The van der Waals surface area contributed by atoms with Crippen molar-refractivity contribution in [3.8, 4) is 6.01 Å². The van der Waals surface area contributed by atoms with Gasteiger partial charge in [-0.05, 0) is 31.7 Å². The average molecular weight is 359 g/mol. The molecule has 1 saturated carbocycles. The lowest BCUT2D eigenvalue weighted by molar-refractivity contribution is 0.0736. The third-order valence-corrected chi connectivity index (χ3v) is 5.75. The number of rotatable bonds is 4. The summed E-state index contributed by atoms with van der Waals surface area (Å²) in [6.07, 6.45) is 5.41. The third-order valence-electron chi connectivity index (χ3n) is 5.75. The van der Waals surface area contributed by atoms with Crippen LogP contribution in [0.25, 0.3) is 0 Å². The van der Waals surface area contributed by atoms with Gasteiger partial charge in [-0.2, -0.15) is 5.10 Å². The second-order valence-electron chi connectivity index (χ2n) is 7.40. The number of fused-ring (bicyclic) bond motifs is 1. The molecule has 2 aromatic heterocycles. The Morgan fingerprint density at radius 3 is 2.88 bits per heavy atom. The number of amides is 1. The molecule has 4 rings (SSSR count). The minimum Gasteiger partial charge on any atom is -0.463 e. The lowest BCUT2D eigenvalue weighted by Gasteiger charge is -2.28. The van der Waals surface area contributed by atoms with Crippen LogP contribution >= 0.6 is 0 Å². The lowest BCUT2D eigenvalue weighted by atomic mass is 9.82. The van der Waals surface area contributed by atoms with E-state index in [-0.39, 0.29) is 17.3 Å². The quantitative estimate of drug-likeness (QED) is 0.835. The Bertz CT molecular complexity index is 802. The summed E-state index contributed by atoms with van der Waals surface area (Å²) in [5, 5.41) is 4.31. The maximum Gasteiger partial charge on any atom is 0.316 e. The first-order valence-corrected chi connectivity index (χ1v) is 8.87. The summed E-state index contributed by atoms with van der Waals surface area (Å²) in [6.45, 7) is 3.74. The van der Waals surface area contributed by atoms with Gasteiger partial charge in [0.2, 0.25) is 0 Å². The van der Waals surface area contributed by atoms with Crippen LogP contribution in [0.4, 0.5) is 4.39 Å². The molecule has 2 atom stereocenters. The van der Waals surface area contributed by atoms with Crippen molar-refractivity contribution in [2.45, 2.75) is 26.2 Å². The molecular formula is C18H22FN5O2. The third kappa shape index (κ3) is 2.93. The number of nitrogens with zero attached hydrogens (tertiary/aromatic N) is 5. The molecule has 0 N–H and O–H groups in total. The molecule has 7 nitrogen and oxygen atoms in total. The Morgan fingerprint density at radius 2 is 2.19 bits per heavy atom. The number of hydrogen-bond acceptors (Lipinski definition) is 5. The van der Waals surface area contributed by atoms with E-state index in [9.17, 15) is 9.18 Å². The number of ether oxygens (including phenoxy) is 1. The summed E-state index contributed by atoms with van der Waals surface area (Å²) < 4.78 is 20.4. The van der Waals surface area contributed by atoms with Gasteiger partial charge in [-0.25, -0.2) is 14.4 Å². The zero-order chi connectivity index (χ0) is 18.3. The Morgan fingerprint density at radius 1 is 1.42 bits per heavy atom. The Labute approximate surface area is 151 Å². The molecule has 2 aromatic rings. The summed E-state index contributed by atoms with van der Waals surface area (Å²) >= 11 is 0. The number of aromatic nitrogens is 4. The van der Waals surface area contributed by atoms with Crippen molar-refractivity contribution < 1.29 is 13.9 Å². The summed E-state index contributed by atoms with van der Waals surface area (Å²) in [5.41, 5.74) is 1.36. The van der Waals surface area contributed by atoms with Crippen LogP contribution in [0.15, 0.2) is 18.5 Å². The van der Waals surface area contributed by atoms with E-state index in [2.05, 4.69) is 15.1 Å². The van der Waals surface area contributed by atoms with E-state index in [1.807, 2.05) is 24.9 Å². The van der Waals surface area contributed by atoms with Crippen molar-refractivity contribution in [1.29, 1.82) is 0 Å². The Kier molecular flexibility index (Phi) is 4.13. The van der Waals surface area contributed by atoms with E-state index in [1.54, 1.807) is 4.68 Å². The summed E-state index contributed by atoms with van der Waals surface area (Å²) in [4.78, 5) is 22.5. The Balaban J connectivity index is 1.47. The molecule has 1 aliphatic carbocycles. The minimum atomic E-state index is -0.488. The molecule has 0 aromatic carbocycles. The highest BCUT2D eigenvalue weighted by Gasteiger charge is 2.51.